The standard InChI is InChI=1S/C11H12FN3/c12-9-3-1-2-8(4-9)11(5-13)15-6-10(14)7-15/h1-4,10-11H,6-7,14H2/t11-/m0/s1. The minimum atomic E-state index is -0.375. The van der Waals surface area contributed by atoms with E-state index in [1.807, 2.05) is 4.90 Å². The van der Waals surface area contributed by atoms with E-state index >= 15 is 0 Å². The molecule has 2 N–H and O–H groups in total. The second-order valence-electron chi connectivity index (χ2n) is 3.80. The molecule has 0 unspecified atom stereocenters. The molecule has 1 aliphatic heterocycles. The van der Waals surface area contributed by atoms with Crippen LogP contribution in [0.2, 0.25) is 0 Å². The van der Waals surface area contributed by atoms with Crippen molar-refractivity contribution in [1.29, 1.82) is 5.26 Å². The molecule has 1 aliphatic rings. The summed E-state index contributed by atoms with van der Waals surface area (Å²) < 4.78 is 13.0. The van der Waals surface area contributed by atoms with Crippen LogP contribution < -0.4 is 5.73 Å². The van der Waals surface area contributed by atoms with Crippen LogP contribution in [0.1, 0.15) is 11.6 Å². The maximum Gasteiger partial charge on any atom is 0.124 e. The Morgan fingerprint density at radius 2 is 2.27 bits per heavy atom. The monoisotopic (exact) mass is 205 g/mol. The summed E-state index contributed by atoms with van der Waals surface area (Å²) in [7, 11) is 0. The Bertz CT molecular complexity index is 393. The quantitative estimate of drug-likeness (QED) is 0.784. The lowest BCUT2D eigenvalue weighted by Crippen LogP contribution is -2.56. The van der Waals surface area contributed by atoms with Crippen molar-refractivity contribution in [2.45, 2.75) is 12.1 Å². The molecule has 1 aromatic carbocycles. The highest BCUT2D eigenvalue weighted by atomic mass is 19.1. The third-order valence-corrected chi connectivity index (χ3v) is 2.59. The molecule has 0 spiro atoms. The number of hydrogen-bond donors (Lipinski definition) is 1. The Morgan fingerprint density at radius 3 is 2.80 bits per heavy atom. The van der Waals surface area contributed by atoms with Crippen molar-refractivity contribution in [2.24, 2.45) is 5.73 Å². The van der Waals surface area contributed by atoms with Crippen molar-refractivity contribution in [3.05, 3.63) is 35.6 Å². The van der Waals surface area contributed by atoms with Gasteiger partial charge in [0.15, 0.2) is 0 Å². The average molecular weight is 205 g/mol. The fourth-order valence-corrected chi connectivity index (χ4v) is 1.80. The molecular weight excluding hydrogens is 193 g/mol. The molecule has 1 atom stereocenters. The van der Waals surface area contributed by atoms with Crippen LogP contribution in [0.5, 0.6) is 0 Å². The first-order valence-electron chi connectivity index (χ1n) is 4.85. The van der Waals surface area contributed by atoms with Gasteiger partial charge < -0.3 is 5.73 Å². The van der Waals surface area contributed by atoms with Gasteiger partial charge in [0.05, 0.1) is 6.07 Å². The number of nitriles is 1. The average Bonchev–Trinajstić information content (AvgIpc) is 2.16. The van der Waals surface area contributed by atoms with Crippen LogP contribution in [-0.2, 0) is 0 Å². The molecule has 0 saturated carbocycles. The normalized spacial score (nSPS) is 19.3. The molecule has 1 saturated heterocycles. The van der Waals surface area contributed by atoms with Gasteiger partial charge in [-0.3, -0.25) is 4.90 Å². The minimum absolute atomic E-state index is 0.148. The molecule has 78 valence electrons. The maximum absolute atomic E-state index is 13.0. The summed E-state index contributed by atoms with van der Waals surface area (Å²) in [5.74, 6) is -0.308. The van der Waals surface area contributed by atoms with Gasteiger partial charge in [-0.1, -0.05) is 12.1 Å². The van der Waals surface area contributed by atoms with E-state index in [0.717, 1.165) is 0 Å². The zero-order valence-electron chi connectivity index (χ0n) is 8.23. The highest BCUT2D eigenvalue weighted by Crippen LogP contribution is 2.24. The molecule has 2 rings (SSSR count). The number of rotatable bonds is 2. The van der Waals surface area contributed by atoms with Crippen LogP contribution in [0.15, 0.2) is 24.3 Å². The lowest BCUT2D eigenvalue weighted by atomic mass is 10.0. The van der Waals surface area contributed by atoms with E-state index in [0.29, 0.717) is 18.7 Å². The predicted octanol–water partition coefficient (Wildman–Crippen LogP) is 1.03. The van der Waals surface area contributed by atoms with E-state index in [2.05, 4.69) is 6.07 Å². The first kappa shape index (κ1) is 10.1. The van der Waals surface area contributed by atoms with Crippen molar-refractivity contribution < 1.29 is 4.39 Å². The lowest BCUT2D eigenvalue weighted by molar-refractivity contribution is 0.121. The minimum Gasteiger partial charge on any atom is -0.325 e. The molecule has 0 aliphatic carbocycles. The number of benzene rings is 1. The van der Waals surface area contributed by atoms with E-state index in [4.69, 9.17) is 11.0 Å². The van der Waals surface area contributed by atoms with Crippen LogP contribution in [0, 0.1) is 17.1 Å². The highest BCUT2D eigenvalue weighted by Gasteiger charge is 2.30. The van der Waals surface area contributed by atoms with Crippen LogP contribution in [0.25, 0.3) is 0 Å². The first-order chi connectivity index (χ1) is 7.20. The summed E-state index contributed by atoms with van der Waals surface area (Å²) in [5, 5.41) is 9.04. The van der Waals surface area contributed by atoms with Crippen LogP contribution >= 0.6 is 0 Å². The molecule has 4 heteroatoms. The van der Waals surface area contributed by atoms with Crippen LogP contribution in [-0.4, -0.2) is 24.0 Å². The number of nitrogens with zero attached hydrogens (tertiary/aromatic N) is 2. The van der Waals surface area contributed by atoms with E-state index in [1.165, 1.54) is 12.1 Å². The Labute approximate surface area is 87.9 Å². The Morgan fingerprint density at radius 1 is 1.53 bits per heavy atom. The molecule has 0 aromatic heterocycles. The number of halogens is 1. The fraction of sp³-hybridized carbons (Fsp3) is 0.364. The first-order valence-corrected chi connectivity index (χ1v) is 4.85. The molecule has 1 fully saturated rings. The van der Waals surface area contributed by atoms with E-state index in [1.54, 1.807) is 12.1 Å². The van der Waals surface area contributed by atoms with E-state index in [-0.39, 0.29) is 17.9 Å². The fourth-order valence-electron chi connectivity index (χ4n) is 1.80. The van der Waals surface area contributed by atoms with Gasteiger partial charge in [-0.2, -0.15) is 5.26 Å². The summed E-state index contributed by atoms with van der Waals surface area (Å²) >= 11 is 0. The summed E-state index contributed by atoms with van der Waals surface area (Å²) in [6, 6.07) is 8.10. The molecule has 15 heavy (non-hydrogen) atoms. The zero-order chi connectivity index (χ0) is 10.8. The Balaban J connectivity index is 2.17. The SMILES string of the molecule is N#C[C@@H](c1cccc(F)c1)N1CC(N)C1. The second-order valence-corrected chi connectivity index (χ2v) is 3.80. The summed E-state index contributed by atoms with van der Waals surface area (Å²) in [4.78, 5) is 1.94. The largest absolute Gasteiger partial charge is 0.325 e. The van der Waals surface area contributed by atoms with Gasteiger partial charge in [-0.05, 0) is 17.7 Å². The summed E-state index contributed by atoms with van der Waals surface area (Å²) in [6.45, 7) is 1.41. The van der Waals surface area contributed by atoms with Gasteiger partial charge >= 0.3 is 0 Å². The van der Waals surface area contributed by atoms with Crippen molar-refractivity contribution in [3.63, 3.8) is 0 Å². The molecule has 0 amide bonds. The Hall–Kier alpha value is -1.44. The Kier molecular flexibility index (Phi) is 2.67. The topological polar surface area (TPSA) is 53.0 Å². The second kappa shape index (κ2) is 3.97. The van der Waals surface area contributed by atoms with Crippen molar-refractivity contribution >= 4 is 0 Å². The number of nitrogens with two attached hydrogens (primary N) is 1. The van der Waals surface area contributed by atoms with Crippen molar-refractivity contribution in [2.75, 3.05) is 13.1 Å². The predicted molar refractivity (Wildman–Crippen MR) is 54.3 cm³/mol. The molecule has 3 nitrogen and oxygen atoms in total. The van der Waals surface area contributed by atoms with Gasteiger partial charge in [0.1, 0.15) is 11.9 Å². The molecule has 0 bridgehead atoms. The van der Waals surface area contributed by atoms with Gasteiger partial charge in [-0.15, -0.1) is 0 Å². The van der Waals surface area contributed by atoms with Crippen LogP contribution in [0.4, 0.5) is 4.39 Å². The van der Waals surface area contributed by atoms with Gasteiger partial charge in [-0.25, -0.2) is 4.39 Å². The van der Waals surface area contributed by atoms with Crippen molar-refractivity contribution in [3.8, 4) is 6.07 Å². The third kappa shape index (κ3) is 1.99. The van der Waals surface area contributed by atoms with E-state index in [9.17, 15) is 4.39 Å². The molecule has 0 radical (unpaired) electrons. The number of hydrogen-bond acceptors (Lipinski definition) is 3. The van der Waals surface area contributed by atoms with Crippen molar-refractivity contribution in [1.82, 2.24) is 4.90 Å². The zero-order valence-corrected chi connectivity index (χ0v) is 8.23. The molecular formula is C11H12FN3. The number of likely N-dealkylation sites (tertiary alicyclic amines) is 1. The maximum atomic E-state index is 13.0. The smallest absolute Gasteiger partial charge is 0.124 e. The third-order valence-electron chi connectivity index (χ3n) is 2.59. The van der Waals surface area contributed by atoms with Crippen LogP contribution in [0.3, 0.4) is 0 Å². The van der Waals surface area contributed by atoms with E-state index < -0.39 is 0 Å². The van der Waals surface area contributed by atoms with Gasteiger partial charge in [0.2, 0.25) is 0 Å². The summed E-state index contributed by atoms with van der Waals surface area (Å²) in [6.07, 6.45) is 0. The molecule has 1 aromatic rings. The lowest BCUT2D eigenvalue weighted by Gasteiger charge is -2.39. The van der Waals surface area contributed by atoms with Gasteiger partial charge in [0, 0.05) is 19.1 Å². The summed E-state index contributed by atoms with van der Waals surface area (Å²) in [5.41, 5.74) is 6.34. The highest BCUT2D eigenvalue weighted by molar-refractivity contribution is 5.25. The van der Waals surface area contributed by atoms with Gasteiger partial charge in [0.25, 0.3) is 0 Å². The molecule has 1 heterocycles.